The summed E-state index contributed by atoms with van der Waals surface area (Å²) < 4.78 is 1.14. The third-order valence-electron chi connectivity index (χ3n) is 6.76. The summed E-state index contributed by atoms with van der Waals surface area (Å²) in [5, 5.41) is 0. The molecule has 2 aliphatic carbocycles. The van der Waals surface area contributed by atoms with E-state index < -0.39 is 0 Å². The maximum atomic E-state index is 3.73. The average Bonchev–Trinajstić information content (AvgIpc) is 2.92. The van der Waals surface area contributed by atoms with Crippen LogP contribution >= 0.6 is 15.9 Å². The summed E-state index contributed by atoms with van der Waals surface area (Å²) >= 11 is 3.73. The SMILES string of the molecule is Cc1ccc2c(c1)-c1cc(Br)ccc1C21c2ccccc2CCc2ccccc21. The molecule has 1 spiro atoms. The second-order valence-corrected chi connectivity index (χ2v) is 9.22. The second-order valence-electron chi connectivity index (χ2n) is 8.30. The lowest BCUT2D eigenvalue weighted by Crippen LogP contribution is -2.29. The summed E-state index contributed by atoms with van der Waals surface area (Å²) in [5.74, 6) is 0. The van der Waals surface area contributed by atoms with Gasteiger partial charge in [-0.2, -0.15) is 0 Å². The minimum absolute atomic E-state index is 0.247. The van der Waals surface area contributed by atoms with Crippen LogP contribution < -0.4 is 0 Å². The van der Waals surface area contributed by atoms with Crippen molar-refractivity contribution in [3.63, 3.8) is 0 Å². The summed E-state index contributed by atoms with van der Waals surface area (Å²) in [4.78, 5) is 0. The Labute approximate surface area is 180 Å². The predicted octanol–water partition coefficient (Wildman–Crippen LogP) is 7.22. The average molecular weight is 437 g/mol. The molecule has 4 aromatic carbocycles. The quantitative estimate of drug-likeness (QED) is 0.240. The van der Waals surface area contributed by atoms with Gasteiger partial charge in [0.2, 0.25) is 0 Å². The summed E-state index contributed by atoms with van der Waals surface area (Å²) in [7, 11) is 0. The normalized spacial score (nSPS) is 15.2. The highest BCUT2D eigenvalue weighted by atomic mass is 79.9. The van der Waals surface area contributed by atoms with Crippen LogP contribution in [0.3, 0.4) is 0 Å². The molecule has 0 aliphatic heterocycles. The van der Waals surface area contributed by atoms with Crippen LogP contribution in [0.5, 0.6) is 0 Å². The van der Waals surface area contributed by atoms with E-state index in [4.69, 9.17) is 0 Å². The number of halogens is 1. The third kappa shape index (κ3) is 2.25. The molecule has 0 radical (unpaired) electrons. The van der Waals surface area contributed by atoms with Gasteiger partial charge in [0.1, 0.15) is 0 Å². The third-order valence-corrected chi connectivity index (χ3v) is 7.25. The topological polar surface area (TPSA) is 0 Å². The van der Waals surface area contributed by atoms with E-state index >= 15 is 0 Å². The molecular weight excluding hydrogens is 416 g/mol. The molecule has 0 N–H and O–H groups in total. The molecule has 0 bridgehead atoms. The molecule has 0 heterocycles. The Hall–Kier alpha value is -2.64. The van der Waals surface area contributed by atoms with Gasteiger partial charge < -0.3 is 0 Å². The number of fused-ring (bicyclic) bond motifs is 9. The van der Waals surface area contributed by atoms with Gasteiger partial charge in [-0.15, -0.1) is 0 Å². The van der Waals surface area contributed by atoms with E-state index in [2.05, 4.69) is 108 Å². The molecule has 4 aromatic rings. The standard InChI is InChI=1S/C28H21Br/c1-18-10-14-26-22(16-18)23-17-21(29)13-15-27(23)28(26)24-8-4-2-6-19(24)11-12-20-7-3-5-9-25(20)28/h2-10,13-17H,11-12H2,1H3. The first-order valence-electron chi connectivity index (χ1n) is 10.3. The van der Waals surface area contributed by atoms with Crippen LogP contribution in [-0.2, 0) is 18.3 Å². The Morgan fingerprint density at radius 1 is 0.621 bits per heavy atom. The summed E-state index contributed by atoms with van der Waals surface area (Å²) in [6.45, 7) is 2.19. The fourth-order valence-corrected chi connectivity index (χ4v) is 5.98. The van der Waals surface area contributed by atoms with Gasteiger partial charge in [0.25, 0.3) is 0 Å². The van der Waals surface area contributed by atoms with E-state index in [0.717, 1.165) is 17.3 Å². The lowest BCUT2D eigenvalue weighted by atomic mass is 9.66. The molecule has 0 aromatic heterocycles. The Morgan fingerprint density at radius 2 is 1.17 bits per heavy atom. The van der Waals surface area contributed by atoms with Crippen LogP contribution in [-0.4, -0.2) is 0 Å². The van der Waals surface area contributed by atoms with Crippen molar-refractivity contribution in [1.29, 1.82) is 0 Å². The molecule has 6 rings (SSSR count). The zero-order valence-corrected chi connectivity index (χ0v) is 18.0. The van der Waals surface area contributed by atoms with Crippen LogP contribution in [0, 0.1) is 6.92 Å². The van der Waals surface area contributed by atoms with E-state index in [1.54, 1.807) is 0 Å². The number of rotatable bonds is 0. The van der Waals surface area contributed by atoms with Gasteiger partial charge in [-0.1, -0.05) is 94.3 Å². The first-order valence-corrected chi connectivity index (χ1v) is 11.1. The van der Waals surface area contributed by atoms with Gasteiger partial charge in [0.15, 0.2) is 0 Å². The van der Waals surface area contributed by atoms with E-state index in [-0.39, 0.29) is 5.41 Å². The minimum atomic E-state index is -0.247. The van der Waals surface area contributed by atoms with Crippen molar-refractivity contribution in [3.8, 4) is 11.1 Å². The number of benzene rings is 4. The van der Waals surface area contributed by atoms with Crippen LogP contribution in [0.2, 0.25) is 0 Å². The lowest BCUT2D eigenvalue weighted by Gasteiger charge is -2.35. The van der Waals surface area contributed by atoms with E-state index in [9.17, 15) is 0 Å². The zero-order chi connectivity index (χ0) is 19.6. The largest absolute Gasteiger partial charge is 0.0718 e. The highest BCUT2D eigenvalue weighted by Gasteiger charge is 2.48. The first-order chi connectivity index (χ1) is 14.2. The second kappa shape index (κ2) is 6.18. The van der Waals surface area contributed by atoms with Crippen molar-refractivity contribution in [2.75, 3.05) is 0 Å². The maximum absolute atomic E-state index is 3.73. The molecule has 0 saturated heterocycles. The van der Waals surface area contributed by atoms with Crippen molar-refractivity contribution in [2.45, 2.75) is 25.2 Å². The monoisotopic (exact) mass is 436 g/mol. The fourth-order valence-electron chi connectivity index (χ4n) is 5.62. The molecule has 0 fully saturated rings. The minimum Gasteiger partial charge on any atom is -0.0620 e. The molecule has 0 saturated carbocycles. The molecule has 0 amide bonds. The smallest absolute Gasteiger partial charge is 0.0620 e. The zero-order valence-electron chi connectivity index (χ0n) is 16.4. The summed E-state index contributed by atoms with van der Waals surface area (Å²) in [5.41, 5.74) is 12.4. The van der Waals surface area contributed by atoms with Crippen molar-refractivity contribution < 1.29 is 0 Å². The predicted molar refractivity (Wildman–Crippen MR) is 124 cm³/mol. The molecule has 0 atom stereocenters. The molecule has 29 heavy (non-hydrogen) atoms. The highest BCUT2D eigenvalue weighted by molar-refractivity contribution is 9.10. The molecule has 140 valence electrons. The summed E-state index contributed by atoms with van der Waals surface area (Å²) in [6.07, 6.45) is 2.17. The van der Waals surface area contributed by atoms with Crippen LogP contribution in [0.1, 0.15) is 38.9 Å². The fraction of sp³-hybridized carbons (Fsp3) is 0.143. The van der Waals surface area contributed by atoms with Crippen LogP contribution in [0.25, 0.3) is 11.1 Å². The van der Waals surface area contributed by atoms with Gasteiger partial charge >= 0.3 is 0 Å². The van der Waals surface area contributed by atoms with Crippen LogP contribution in [0.4, 0.5) is 0 Å². The molecule has 0 nitrogen and oxygen atoms in total. The number of hydrogen-bond acceptors (Lipinski definition) is 0. The van der Waals surface area contributed by atoms with Crippen molar-refractivity contribution in [1.82, 2.24) is 0 Å². The molecule has 0 unspecified atom stereocenters. The number of hydrogen-bond donors (Lipinski definition) is 0. The Morgan fingerprint density at radius 3 is 1.83 bits per heavy atom. The molecular formula is C28H21Br. The Bertz CT molecular complexity index is 1180. The number of aryl methyl sites for hydroxylation is 3. The van der Waals surface area contributed by atoms with Crippen molar-refractivity contribution in [3.05, 3.63) is 128 Å². The molecule has 1 heteroatoms. The Balaban J connectivity index is 1.86. The van der Waals surface area contributed by atoms with Gasteiger partial charge in [-0.05, 0) is 76.4 Å². The maximum Gasteiger partial charge on any atom is 0.0718 e. The summed E-state index contributed by atoms with van der Waals surface area (Å²) in [6, 6.07) is 32.0. The van der Waals surface area contributed by atoms with Gasteiger partial charge in [-0.25, -0.2) is 0 Å². The van der Waals surface area contributed by atoms with Gasteiger partial charge in [0, 0.05) is 4.47 Å². The van der Waals surface area contributed by atoms with Crippen molar-refractivity contribution in [2.24, 2.45) is 0 Å². The molecule has 2 aliphatic rings. The first kappa shape index (κ1) is 17.2. The van der Waals surface area contributed by atoms with E-state index in [1.807, 2.05) is 0 Å². The van der Waals surface area contributed by atoms with Gasteiger partial charge in [0.05, 0.1) is 5.41 Å². The van der Waals surface area contributed by atoms with Crippen LogP contribution in [0.15, 0.2) is 89.4 Å². The van der Waals surface area contributed by atoms with E-state index in [0.29, 0.717) is 0 Å². The van der Waals surface area contributed by atoms with Gasteiger partial charge in [-0.3, -0.25) is 0 Å². The lowest BCUT2D eigenvalue weighted by molar-refractivity contribution is 0.762. The van der Waals surface area contributed by atoms with Crippen molar-refractivity contribution >= 4 is 15.9 Å². The van der Waals surface area contributed by atoms with E-state index in [1.165, 1.54) is 50.1 Å². The Kier molecular flexibility index (Phi) is 3.67. The highest BCUT2D eigenvalue weighted by Crippen LogP contribution is 2.58.